The van der Waals surface area contributed by atoms with E-state index in [4.69, 9.17) is 11.5 Å². The van der Waals surface area contributed by atoms with Crippen molar-refractivity contribution in [1.82, 2.24) is 9.78 Å². The molecule has 1 aromatic heterocycles. The Morgan fingerprint density at radius 2 is 2.00 bits per heavy atom. The van der Waals surface area contributed by atoms with Crippen LogP contribution in [0.5, 0.6) is 0 Å². The molecule has 3 rings (SSSR count). The van der Waals surface area contributed by atoms with Gasteiger partial charge in [0.15, 0.2) is 0 Å². The maximum Gasteiger partial charge on any atom is 0.0568 e. The smallest absolute Gasteiger partial charge is 0.0568 e. The maximum absolute atomic E-state index is 5.87. The molecule has 0 atom stereocenters. The maximum atomic E-state index is 5.87. The molecule has 0 saturated heterocycles. The zero-order valence-electron chi connectivity index (χ0n) is 10.6. The highest BCUT2D eigenvalue weighted by Crippen LogP contribution is 2.32. The Kier molecular flexibility index (Phi) is 2.51. The average molecular weight is 242 g/mol. The second kappa shape index (κ2) is 4.05. The van der Waals surface area contributed by atoms with Gasteiger partial charge in [-0.15, -0.1) is 0 Å². The van der Waals surface area contributed by atoms with Crippen molar-refractivity contribution in [3.8, 4) is 11.1 Å². The van der Waals surface area contributed by atoms with Gasteiger partial charge in [0.2, 0.25) is 0 Å². The van der Waals surface area contributed by atoms with Gasteiger partial charge in [-0.05, 0) is 48.9 Å². The van der Waals surface area contributed by atoms with Crippen molar-refractivity contribution in [2.45, 2.75) is 26.3 Å². The first kappa shape index (κ1) is 11.1. The zero-order chi connectivity index (χ0) is 12.7. The van der Waals surface area contributed by atoms with Gasteiger partial charge in [0.1, 0.15) is 0 Å². The van der Waals surface area contributed by atoms with Crippen molar-refractivity contribution in [3.63, 3.8) is 0 Å². The molecule has 0 aliphatic heterocycles. The Balaban J connectivity index is 1.93. The van der Waals surface area contributed by atoms with Crippen LogP contribution in [0.25, 0.3) is 11.1 Å². The van der Waals surface area contributed by atoms with E-state index in [9.17, 15) is 0 Å². The van der Waals surface area contributed by atoms with E-state index in [-0.39, 0.29) is 0 Å². The predicted molar refractivity (Wildman–Crippen MR) is 73.9 cm³/mol. The highest BCUT2D eigenvalue weighted by Gasteiger charge is 2.22. The van der Waals surface area contributed by atoms with Crippen LogP contribution in [0.1, 0.15) is 18.4 Å². The molecule has 4 heteroatoms. The first-order chi connectivity index (χ1) is 8.63. The van der Waals surface area contributed by atoms with E-state index < -0.39 is 0 Å². The van der Waals surface area contributed by atoms with E-state index >= 15 is 0 Å². The summed E-state index contributed by atoms with van der Waals surface area (Å²) >= 11 is 0. The SMILES string of the molecule is Cc1cc(N)c(N)cc1-c1cnn(CC2CC2)c1. The molecule has 0 unspecified atom stereocenters. The van der Waals surface area contributed by atoms with E-state index in [1.165, 1.54) is 12.8 Å². The third-order valence-corrected chi connectivity index (χ3v) is 3.52. The summed E-state index contributed by atoms with van der Waals surface area (Å²) in [7, 11) is 0. The molecule has 4 nitrogen and oxygen atoms in total. The number of rotatable bonds is 3. The molecule has 4 N–H and O–H groups in total. The van der Waals surface area contributed by atoms with Crippen molar-refractivity contribution in [1.29, 1.82) is 0 Å². The summed E-state index contributed by atoms with van der Waals surface area (Å²) in [5.74, 6) is 0.829. The lowest BCUT2D eigenvalue weighted by Crippen LogP contribution is -1.99. The summed E-state index contributed by atoms with van der Waals surface area (Å²) in [4.78, 5) is 0. The van der Waals surface area contributed by atoms with Crippen molar-refractivity contribution in [3.05, 3.63) is 30.1 Å². The normalized spacial score (nSPS) is 14.9. The van der Waals surface area contributed by atoms with Gasteiger partial charge in [0.25, 0.3) is 0 Å². The average Bonchev–Trinajstić information content (AvgIpc) is 3.01. The van der Waals surface area contributed by atoms with Crippen molar-refractivity contribution in [2.24, 2.45) is 5.92 Å². The largest absolute Gasteiger partial charge is 0.397 e. The highest BCUT2D eigenvalue weighted by molar-refractivity contribution is 5.77. The number of hydrogen-bond acceptors (Lipinski definition) is 3. The molecule has 2 aromatic rings. The van der Waals surface area contributed by atoms with Crippen molar-refractivity contribution >= 4 is 11.4 Å². The van der Waals surface area contributed by atoms with Crippen LogP contribution in [0.4, 0.5) is 11.4 Å². The van der Waals surface area contributed by atoms with E-state index in [0.29, 0.717) is 11.4 Å². The molecule has 0 amide bonds. The first-order valence-corrected chi connectivity index (χ1v) is 6.32. The minimum atomic E-state index is 0.630. The second-order valence-electron chi connectivity index (χ2n) is 5.19. The summed E-state index contributed by atoms with van der Waals surface area (Å²) in [6, 6.07) is 3.85. The Labute approximate surface area is 107 Å². The fraction of sp³-hybridized carbons (Fsp3) is 0.357. The van der Waals surface area contributed by atoms with Gasteiger partial charge in [0.05, 0.1) is 17.6 Å². The van der Waals surface area contributed by atoms with Gasteiger partial charge in [-0.2, -0.15) is 5.10 Å². The lowest BCUT2D eigenvalue weighted by atomic mass is 10.0. The number of hydrogen-bond donors (Lipinski definition) is 2. The summed E-state index contributed by atoms with van der Waals surface area (Å²) in [5, 5.41) is 4.41. The molecule has 18 heavy (non-hydrogen) atoms. The minimum Gasteiger partial charge on any atom is -0.397 e. The van der Waals surface area contributed by atoms with Crippen LogP contribution in [-0.4, -0.2) is 9.78 Å². The third kappa shape index (κ3) is 2.06. The summed E-state index contributed by atoms with van der Waals surface area (Å²) in [6.07, 6.45) is 6.67. The Hall–Kier alpha value is -1.97. The van der Waals surface area contributed by atoms with Crippen LogP contribution >= 0.6 is 0 Å². The Morgan fingerprint density at radius 1 is 1.28 bits per heavy atom. The fourth-order valence-electron chi connectivity index (χ4n) is 2.23. The van der Waals surface area contributed by atoms with Gasteiger partial charge in [-0.25, -0.2) is 0 Å². The Morgan fingerprint density at radius 3 is 2.72 bits per heavy atom. The van der Waals surface area contributed by atoms with E-state index in [0.717, 1.165) is 29.2 Å². The number of nitrogens with zero attached hydrogens (tertiary/aromatic N) is 2. The molecule has 1 aliphatic carbocycles. The molecule has 0 radical (unpaired) electrons. The predicted octanol–water partition coefficient (Wildman–Crippen LogP) is 2.43. The van der Waals surface area contributed by atoms with Crippen LogP contribution in [0.15, 0.2) is 24.5 Å². The number of nitrogens with two attached hydrogens (primary N) is 2. The number of nitrogen functional groups attached to an aromatic ring is 2. The molecule has 1 saturated carbocycles. The van der Waals surface area contributed by atoms with Gasteiger partial charge in [0, 0.05) is 18.3 Å². The van der Waals surface area contributed by atoms with Crippen molar-refractivity contribution < 1.29 is 0 Å². The van der Waals surface area contributed by atoms with Crippen molar-refractivity contribution in [2.75, 3.05) is 11.5 Å². The van der Waals surface area contributed by atoms with Gasteiger partial charge in [-0.1, -0.05) is 0 Å². The molecule has 1 fully saturated rings. The molecule has 1 aromatic carbocycles. The van der Waals surface area contributed by atoms with Gasteiger partial charge in [-0.3, -0.25) is 4.68 Å². The standard InChI is InChI=1S/C14H18N4/c1-9-4-13(15)14(16)5-12(9)11-6-17-18(8-11)7-10-2-3-10/h4-6,8,10H,2-3,7,15-16H2,1H3. The second-order valence-corrected chi connectivity index (χ2v) is 5.19. The molecule has 94 valence electrons. The topological polar surface area (TPSA) is 69.9 Å². The monoisotopic (exact) mass is 242 g/mol. The lowest BCUT2D eigenvalue weighted by Gasteiger charge is -2.07. The summed E-state index contributed by atoms with van der Waals surface area (Å²) < 4.78 is 2.03. The van der Waals surface area contributed by atoms with E-state index in [1.54, 1.807) is 0 Å². The third-order valence-electron chi connectivity index (χ3n) is 3.52. The van der Waals surface area contributed by atoms with Crippen LogP contribution in [0, 0.1) is 12.8 Å². The highest BCUT2D eigenvalue weighted by atomic mass is 15.3. The van der Waals surface area contributed by atoms with E-state index in [2.05, 4.69) is 11.3 Å². The molecule has 0 bridgehead atoms. The Bertz CT molecular complexity index is 581. The fourth-order valence-corrected chi connectivity index (χ4v) is 2.23. The molecule has 1 aliphatic rings. The number of benzene rings is 1. The summed E-state index contributed by atoms with van der Waals surface area (Å²) in [5.41, 5.74) is 16.3. The van der Waals surface area contributed by atoms with Crippen LogP contribution < -0.4 is 11.5 Å². The molecule has 0 spiro atoms. The minimum absolute atomic E-state index is 0.630. The van der Waals surface area contributed by atoms with Gasteiger partial charge >= 0.3 is 0 Å². The zero-order valence-corrected chi connectivity index (χ0v) is 10.6. The summed E-state index contributed by atoms with van der Waals surface area (Å²) in [6.45, 7) is 3.08. The first-order valence-electron chi connectivity index (χ1n) is 6.32. The number of anilines is 2. The molecule has 1 heterocycles. The van der Waals surface area contributed by atoms with E-state index in [1.807, 2.05) is 29.9 Å². The number of aryl methyl sites for hydroxylation is 1. The molecular weight excluding hydrogens is 224 g/mol. The van der Waals surface area contributed by atoms with Gasteiger partial charge < -0.3 is 11.5 Å². The van der Waals surface area contributed by atoms with Crippen LogP contribution in [0.2, 0.25) is 0 Å². The molecular formula is C14H18N4. The van der Waals surface area contributed by atoms with Crippen LogP contribution in [-0.2, 0) is 6.54 Å². The lowest BCUT2D eigenvalue weighted by molar-refractivity contribution is 0.563. The number of aromatic nitrogens is 2. The quantitative estimate of drug-likeness (QED) is 0.812. The van der Waals surface area contributed by atoms with Crippen LogP contribution in [0.3, 0.4) is 0 Å².